The molecule has 0 aliphatic carbocycles. The smallest absolute Gasteiger partial charge is 0.244 e. The lowest BCUT2D eigenvalue weighted by molar-refractivity contribution is -0.122. The first kappa shape index (κ1) is 22.7. The van der Waals surface area contributed by atoms with Crippen molar-refractivity contribution in [2.75, 3.05) is 17.2 Å². The van der Waals surface area contributed by atoms with Crippen LogP contribution in [-0.4, -0.2) is 33.2 Å². The van der Waals surface area contributed by atoms with Gasteiger partial charge in [-0.05, 0) is 57.0 Å². The second kappa shape index (κ2) is 9.78. The zero-order valence-electron chi connectivity index (χ0n) is 17.7. The molecule has 0 aliphatic rings. The molecule has 0 spiro atoms. The van der Waals surface area contributed by atoms with Crippen molar-refractivity contribution in [3.05, 3.63) is 59.7 Å². The molecule has 1 N–H and O–H groups in total. The van der Waals surface area contributed by atoms with Gasteiger partial charge in [0.25, 0.3) is 0 Å². The van der Waals surface area contributed by atoms with E-state index in [4.69, 9.17) is 4.74 Å². The molecule has 0 aromatic heterocycles. The number of hydrogen-bond donors (Lipinski definition) is 1. The highest BCUT2D eigenvalue weighted by Gasteiger charge is 2.32. The number of sulfonamides is 1. The number of rotatable bonds is 9. The van der Waals surface area contributed by atoms with Gasteiger partial charge in [-0.25, -0.2) is 8.42 Å². The highest BCUT2D eigenvalue weighted by molar-refractivity contribution is 7.92. The second-order valence-electron chi connectivity index (χ2n) is 7.05. The Bertz CT molecular complexity index is 909. The number of carbonyl (C=O) groups is 1. The van der Waals surface area contributed by atoms with Crippen LogP contribution in [0.2, 0.25) is 0 Å². The topological polar surface area (TPSA) is 75.7 Å². The van der Waals surface area contributed by atoms with Crippen molar-refractivity contribution in [1.29, 1.82) is 0 Å². The van der Waals surface area contributed by atoms with Gasteiger partial charge in [0.05, 0.1) is 24.6 Å². The molecule has 0 saturated carbocycles. The van der Waals surface area contributed by atoms with Crippen molar-refractivity contribution in [3.8, 4) is 5.75 Å². The third kappa shape index (κ3) is 5.97. The Kier molecular flexibility index (Phi) is 7.67. The van der Waals surface area contributed by atoms with Crippen LogP contribution >= 0.6 is 0 Å². The minimum absolute atomic E-state index is 0.272. The number of amides is 1. The molecule has 29 heavy (non-hydrogen) atoms. The maximum atomic E-state index is 13.0. The highest BCUT2D eigenvalue weighted by atomic mass is 32.2. The lowest BCUT2D eigenvalue weighted by atomic mass is 10.1. The molecule has 0 aliphatic heterocycles. The van der Waals surface area contributed by atoms with Crippen LogP contribution in [0.3, 0.4) is 0 Å². The quantitative estimate of drug-likeness (QED) is 0.672. The summed E-state index contributed by atoms with van der Waals surface area (Å²) < 4.78 is 31.7. The average molecular weight is 419 g/mol. The summed E-state index contributed by atoms with van der Waals surface area (Å²) in [7, 11) is -3.64. The maximum Gasteiger partial charge on any atom is 0.244 e. The summed E-state index contributed by atoms with van der Waals surface area (Å²) in [6.45, 7) is 8.11. The van der Waals surface area contributed by atoms with E-state index in [1.165, 1.54) is 4.31 Å². The van der Waals surface area contributed by atoms with E-state index in [0.717, 1.165) is 23.1 Å². The number of hydrogen-bond acceptors (Lipinski definition) is 4. The van der Waals surface area contributed by atoms with Crippen LogP contribution in [0.1, 0.15) is 44.4 Å². The number of benzene rings is 2. The second-order valence-corrected chi connectivity index (χ2v) is 8.91. The molecule has 158 valence electrons. The predicted molar refractivity (Wildman–Crippen MR) is 117 cm³/mol. The molecule has 2 atom stereocenters. The number of aryl methyl sites for hydroxylation is 1. The Hall–Kier alpha value is -2.54. The standard InChI is InChI=1S/C22H30N2O4S/c1-6-21(24(29(5,26)27)19-12-8-16(3)9-13-19)22(25)23-17(4)18-10-14-20(15-11-18)28-7-2/h8-15,17,21H,6-7H2,1-5H3,(H,23,25)/t17-,21+/m1/s1. The van der Waals surface area contributed by atoms with E-state index in [9.17, 15) is 13.2 Å². The van der Waals surface area contributed by atoms with E-state index in [2.05, 4.69) is 5.32 Å². The minimum atomic E-state index is -3.64. The predicted octanol–water partition coefficient (Wildman–Crippen LogP) is 3.82. The number of nitrogens with zero attached hydrogens (tertiary/aromatic N) is 1. The summed E-state index contributed by atoms with van der Waals surface area (Å²) in [4.78, 5) is 13.0. The van der Waals surface area contributed by atoms with Crippen molar-refractivity contribution in [3.63, 3.8) is 0 Å². The summed E-state index contributed by atoms with van der Waals surface area (Å²) in [6, 6.07) is 13.5. The number of anilines is 1. The van der Waals surface area contributed by atoms with Crippen LogP contribution in [0.15, 0.2) is 48.5 Å². The Morgan fingerprint density at radius 1 is 1.07 bits per heavy atom. The van der Waals surface area contributed by atoms with Gasteiger partial charge >= 0.3 is 0 Å². The zero-order chi connectivity index (χ0) is 21.6. The first-order valence-electron chi connectivity index (χ1n) is 9.76. The molecule has 2 aromatic rings. The summed E-state index contributed by atoms with van der Waals surface area (Å²) in [5.41, 5.74) is 2.41. The first-order valence-corrected chi connectivity index (χ1v) is 11.6. The van der Waals surface area contributed by atoms with Gasteiger partial charge < -0.3 is 10.1 Å². The van der Waals surface area contributed by atoms with Gasteiger partial charge in [0.1, 0.15) is 11.8 Å². The molecule has 0 bridgehead atoms. The third-order valence-electron chi connectivity index (χ3n) is 4.67. The maximum absolute atomic E-state index is 13.0. The summed E-state index contributed by atoms with van der Waals surface area (Å²) in [5.74, 6) is 0.434. The molecular weight excluding hydrogens is 388 g/mol. The molecule has 0 fully saturated rings. The monoisotopic (exact) mass is 418 g/mol. The molecule has 6 nitrogen and oxygen atoms in total. The number of carbonyl (C=O) groups excluding carboxylic acids is 1. The third-order valence-corrected chi connectivity index (χ3v) is 5.85. The Labute approximate surface area is 173 Å². The fourth-order valence-corrected chi connectivity index (χ4v) is 4.38. The van der Waals surface area contributed by atoms with Crippen LogP contribution in [-0.2, 0) is 14.8 Å². The normalized spacial score (nSPS) is 13.4. The van der Waals surface area contributed by atoms with E-state index in [0.29, 0.717) is 18.7 Å². The molecule has 0 radical (unpaired) electrons. The summed E-state index contributed by atoms with van der Waals surface area (Å²) in [6.07, 6.45) is 1.47. The van der Waals surface area contributed by atoms with Gasteiger partial charge in [0.2, 0.25) is 15.9 Å². The molecule has 2 aromatic carbocycles. The van der Waals surface area contributed by atoms with Gasteiger partial charge in [-0.2, -0.15) is 0 Å². The lowest BCUT2D eigenvalue weighted by Crippen LogP contribution is -2.49. The Morgan fingerprint density at radius 2 is 1.66 bits per heavy atom. The summed E-state index contributed by atoms with van der Waals surface area (Å²) >= 11 is 0. The SMILES string of the molecule is CCOc1ccc([C@@H](C)NC(=O)[C@H](CC)N(c2ccc(C)cc2)S(C)(=O)=O)cc1. The molecule has 1 amide bonds. The van der Waals surface area contributed by atoms with Crippen LogP contribution in [0.4, 0.5) is 5.69 Å². The van der Waals surface area contributed by atoms with Crippen molar-refractivity contribution >= 4 is 21.6 Å². The van der Waals surface area contributed by atoms with Crippen molar-refractivity contribution in [2.24, 2.45) is 0 Å². The first-order chi connectivity index (χ1) is 13.7. The summed E-state index contributed by atoms with van der Waals surface area (Å²) in [5, 5.41) is 2.95. The Morgan fingerprint density at radius 3 is 2.14 bits per heavy atom. The lowest BCUT2D eigenvalue weighted by Gasteiger charge is -2.31. The van der Waals surface area contributed by atoms with Crippen LogP contribution in [0.5, 0.6) is 5.75 Å². The van der Waals surface area contributed by atoms with Gasteiger partial charge in [0.15, 0.2) is 0 Å². The molecule has 2 rings (SSSR count). The largest absolute Gasteiger partial charge is 0.494 e. The van der Waals surface area contributed by atoms with E-state index >= 15 is 0 Å². The molecule has 7 heteroatoms. The van der Waals surface area contributed by atoms with Crippen LogP contribution < -0.4 is 14.4 Å². The molecule has 0 unspecified atom stereocenters. The van der Waals surface area contributed by atoms with Crippen molar-refractivity contribution in [1.82, 2.24) is 5.32 Å². The van der Waals surface area contributed by atoms with Crippen molar-refractivity contribution < 1.29 is 17.9 Å². The number of ether oxygens (including phenoxy) is 1. The van der Waals surface area contributed by atoms with Crippen LogP contribution in [0, 0.1) is 6.92 Å². The van der Waals surface area contributed by atoms with Gasteiger partial charge in [-0.15, -0.1) is 0 Å². The van der Waals surface area contributed by atoms with Crippen molar-refractivity contribution in [2.45, 2.75) is 46.2 Å². The van der Waals surface area contributed by atoms with E-state index in [1.807, 2.05) is 57.2 Å². The number of nitrogens with one attached hydrogen (secondary N) is 1. The van der Waals surface area contributed by atoms with E-state index < -0.39 is 16.1 Å². The average Bonchev–Trinajstić information content (AvgIpc) is 2.66. The highest BCUT2D eigenvalue weighted by Crippen LogP contribution is 2.24. The fourth-order valence-electron chi connectivity index (χ4n) is 3.16. The fraction of sp³-hybridized carbons (Fsp3) is 0.409. The minimum Gasteiger partial charge on any atom is -0.494 e. The molecule has 0 saturated heterocycles. The van der Waals surface area contributed by atoms with Gasteiger partial charge in [0, 0.05) is 0 Å². The van der Waals surface area contributed by atoms with E-state index in [-0.39, 0.29) is 11.9 Å². The van der Waals surface area contributed by atoms with Gasteiger partial charge in [-0.3, -0.25) is 9.10 Å². The van der Waals surface area contributed by atoms with Crippen LogP contribution in [0.25, 0.3) is 0 Å². The van der Waals surface area contributed by atoms with E-state index in [1.54, 1.807) is 19.1 Å². The van der Waals surface area contributed by atoms with Gasteiger partial charge in [-0.1, -0.05) is 36.8 Å². The Balaban J connectivity index is 2.23. The zero-order valence-corrected chi connectivity index (χ0v) is 18.5. The molecular formula is C22H30N2O4S. The molecule has 0 heterocycles.